The van der Waals surface area contributed by atoms with E-state index in [9.17, 15) is 19.2 Å². The van der Waals surface area contributed by atoms with Gasteiger partial charge in [0, 0.05) is 74.1 Å². The molecule has 0 bridgehead atoms. The number of piperidine rings is 1. The molecule has 2 saturated heterocycles. The van der Waals surface area contributed by atoms with Crippen LogP contribution in [0.2, 0.25) is 0 Å². The number of allylic oxidation sites excluding steroid dienone is 1. The van der Waals surface area contributed by atoms with E-state index in [0.717, 1.165) is 48.7 Å². The molecule has 3 fully saturated rings. The van der Waals surface area contributed by atoms with E-state index in [0.29, 0.717) is 58.5 Å². The number of rotatable bonds is 8. The minimum atomic E-state index is -0.803. The van der Waals surface area contributed by atoms with Gasteiger partial charge in [0.2, 0.25) is 23.6 Å². The third-order valence-corrected chi connectivity index (χ3v) is 11.3. The molecule has 2 aromatic rings. The van der Waals surface area contributed by atoms with Crippen LogP contribution < -0.4 is 5.32 Å². The fourth-order valence-electron chi connectivity index (χ4n) is 8.69. The van der Waals surface area contributed by atoms with Gasteiger partial charge in [-0.2, -0.15) is 0 Å². The zero-order valence-electron chi connectivity index (χ0n) is 26.6. The molecule has 7 rings (SSSR count). The van der Waals surface area contributed by atoms with Crippen LogP contribution >= 0.6 is 0 Å². The number of amides is 4. The number of fused-ring (bicyclic) bond motifs is 5. The number of aromatic amines is 1. The Bertz CT molecular complexity index is 1520. The summed E-state index contributed by atoms with van der Waals surface area (Å²) >= 11 is 0. The van der Waals surface area contributed by atoms with Crippen LogP contribution in [0.25, 0.3) is 10.9 Å². The Morgan fingerprint density at radius 1 is 0.978 bits per heavy atom. The Kier molecular flexibility index (Phi) is 8.21. The number of carbonyl (C=O) groups excluding carboxylic acids is 4. The van der Waals surface area contributed by atoms with Crippen molar-refractivity contribution < 1.29 is 19.2 Å². The minimum Gasteiger partial charge on any atom is -0.356 e. The Morgan fingerprint density at radius 3 is 2.44 bits per heavy atom. The van der Waals surface area contributed by atoms with E-state index < -0.39 is 17.4 Å². The highest BCUT2D eigenvalue weighted by Crippen LogP contribution is 2.52. The van der Waals surface area contributed by atoms with Crippen molar-refractivity contribution in [1.29, 1.82) is 0 Å². The molecule has 4 amide bonds. The Hall–Kier alpha value is -3.62. The van der Waals surface area contributed by atoms with Gasteiger partial charge in [-0.1, -0.05) is 36.8 Å². The Morgan fingerprint density at radius 2 is 1.73 bits per heavy atom. The highest BCUT2D eigenvalue weighted by molar-refractivity contribution is 5.93. The van der Waals surface area contributed by atoms with Crippen molar-refractivity contribution in [2.75, 3.05) is 39.3 Å². The first kappa shape index (κ1) is 30.1. The first-order chi connectivity index (χ1) is 21.9. The fraction of sp³-hybridized carbons (Fsp3) is 0.611. The number of H-pyrrole nitrogens is 1. The lowest BCUT2D eigenvalue weighted by molar-refractivity contribution is -0.167. The van der Waals surface area contributed by atoms with Crippen LogP contribution in [0.5, 0.6) is 0 Å². The molecular formula is C36H47N5O4. The van der Waals surface area contributed by atoms with Gasteiger partial charge >= 0.3 is 0 Å². The van der Waals surface area contributed by atoms with E-state index in [4.69, 9.17) is 0 Å². The van der Waals surface area contributed by atoms with Gasteiger partial charge in [-0.3, -0.25) is 19.2 Å². The normalized spacial score (nSPS) is 26.7. The van der Waals surface area contributed by atoms with Crippen LogP contribution in [0, 0.1) is 17.8 Å². The second-order valence-corrected chi connectivity index (χ2v) is 13.9. The molecule has 1 aromatic carbocycles. The second kappa shape index (κ2) is 12.3. The van der Waals surface area contributed by atoms with Gasteiger partial charge in [-0.25, -0.2) is 0 Å². The molecule has 45 heavy (non-hydrogen) atoms. The highest BCUT2D eigenvalue weighted by atomic mass is 16.2. The third-order valence-electron chi connectivity index (χ3n) is 11.3. The van der Waals surface area contributed by atoms with E-state index in [-0.39, 0.29) is 36.0 Å². The summed E-state index contributed by atoms with van der Waals surface area (Å²) in [4.78, 5) is 64.4. The average molecular weight is 614 g/mol. The van der Waals surface area contributed by atoms with Crippen LogP contribution in [0.1, 0.15) is 82.4 Å². The first-order valence-electron chi connectivity index (χ1n) is 17.3. The lowest BCUT2D eigenvalue weighted by atomic mass is 9.65. The largest absolute Gasteiger partial charge is 0.356 e. The zero-order valence-corrected chi connectivity index (χ0v) is 26.6. The van der Waals surface area contributed by atoms with Crippen molar-refractivity contribution in [1.82, 2.24) is 25.0 Å². The summed E-state index contributed by atoms with van der Waals surface area (Å²) in [5.41, 5.74) is 3.81. The van der Waals surface area contributed by atoms with Crippen molar-refractivity contribution in [2.45, 2.75) is 83.1 Å². The molecule has 2 N–H and O–H groups in total. The van der Waals surface area contributed by atoms with Gasteiger partial charge in [0.1, 0.15) is 0 Å². The summed E-state index contributed by atoms with van der Waals surface area (Å²) in [6.07, 6.45) is 11.5. The van der Waals surface area contributed by atoms with Crippen molar-refractivity contribution in [3.63, 3.8) is 0 Å². The van der Waals surface area contributed by atoms with E-state index in [1.165, 1.54) is 24.0 Å². The molecule has 1 saturated carbocycles. The molecule has 3 aliphatic heterocycles. The lowest BCUT2D eigenvalue weighted by Crippen LogP contribution is -2.66. The van der Waals surface area contributed by atoms with E-state index in [2.05, 4.69) is 35.4 Å². The summed E-state index contributed by atoms with van der Waals surface area (Å²) in [7, 11) is 0. The van der Waals surface area contributed by atoms with Crippen molar-refractivity contribution in [2.24, 2.45) is 17.8 Å². The smallest absolute Gasteiger partial charge is 0.228 e. The molecule has 4 heterocycles. The molecule has 1 aromatic heterocycles. The van der Waals surface area contributed by atoms with Crippen molar-refractivity contribution >= 4 is 34.5 Å². The first-order valence-corrected chi connectivity index (χ1v) is 17.3. The SMILES string of the molecule is CC[C@]12c3[nH]c4ccccc4c3CCN1C(=O)C(CC(=O)NCCC1=CCCCC1)C[C@@H]2C(=O)N1CCN(C(=O)C2CC2)CC1. The summed E-state index contributed by atoms with van der Waals surface area (Å²) in [6, 6.07) is 8.24. The third kappa shape index (κ3) is 5.46. The number of piperazine rings is 1. The van der Waals surface area contributed by atoms with Crippen LogP contribution in [0.15, 0.2) is 35.9 Å². The topological polar surface area (TPSA) is 106 Å². The van der Waals surface area contributed by atoms with E-state index in [1.54, 1.807) is 0 Å². The average Bonchev–Trinajstić information content (AvgIpc) is 3.85. The van der Waals surface area contributed by atoms with Crippen LogP contribution in [-0.2, 0) is 31.1 Å². The molecule has 9 nitrogen and oxygen atoms in total. The van der Waals surface area contributed by atoms with Crippen molar-refractivity contribution in [3.8, 4) is 0 Å². The van der Waals surface area contributed by atoms with Gasteiger partial charge < -0.3 is 25.0 Å². The molecule has 3 atom stereocenters. The van der Waals surface area contributed by atoms with E-state index >= 15 is 0 Å². The number of benzene rings is 1. The predicted octanol–water partition coefficient (Wildman–Crippen LogP) is 4.27. The number of aromatic nitrogens is 1. The molecule has 2 aliphatic carbocycles. The number of nitrogens with one attached hydrogen (secondary N) is 2. The summed E-state index contributed by atoms with van der Waals surface area (Å²) in [5, 5.41) is 4.23. The number of nitrogens with zero attached hydrogens (tertiary/aromatic N) is 3. The standard InChI is InChI=1S/C36H47N5O4/c1-2-36-29(35(45)40-20-18-39(19-21-40)33(43)25-12-13-25)22-26(23-31(42)37-16-14-24-8-4-3-5-9-24)34(44)41(36)17-15-28-27-10-6-7-11-30(27)38-32(28)36/h6-8,10-11,25-26,29,38H,2-5,9,12-23H2,1H3,(H,37,42)/t26?,29-,36+/m1/s1. The summed E-state index contributed by atoms with van der Waals surface area (Å²) < 4.78 is 0. The zero-order chi connectivity index (χ0) is 31.1. The predicted molar refractivity (Wildman–Crippen MR) is 172 cm³/mol. The molecule has 5 aliphatic rings. The molecular weight excluding hydrogens is 566 g/mol. The van der Waals surface area contributed by atoms with Gasteiger partial charge in [-0.05, 0) is 75.8 Å². The Labute approximate surface area is 265 Å². The van der Waals surface area contributed by atoms with E-state index in [1.807, 2.05) is 26.8 Å². The Balaban J connectivity index is 1.15. The molecule has 0 spiro atoms. The maximum Gasteiger partial charge on any atom is 0.228 e. The quantitative estimate of drug-likeness (QED) is 0.434. The van der Waals surface area contributed by atoms with Crippen LogP contribution in [0.4, 0.5) is 0 Å². The van der Waals surface area contributed by atoms with Gasteiger partial charge in [0.15, 0.2) is 0 Å². The highest BCUT2D eigenvalue weighted by Gasteiger charge is 2.59. The molecule has 0 radical (unpaired) electrons. The summed E-state index contributed by atoms with van der Waals surface area (Å²) in [6.45, 7) is 5.30. The fourth-order valence-corrected chi connectivity index (χ4v) is 8.69. The maximum absolute atomic E-state index is 14.7. The van der Waals surface area contributed by atoms with Gasteiger partial charge in [0.05, 0.1) is 11.5 Å². The summed E-state index contributed by atoms with van der Waals surface area (Å²) in [5.74, 6) is -0.732. The molecule has 9 heteroatoms. The molecule has 240 valence electrons. The molecule has 1 unspecified atom stereocenters. The van der Waals surface area contributed by atoms with Gasteiger partial charge in [-0.15, -0.1) is 0 Å². The monoisotopic (exact) mass is 613 g/mol. The number of hydrogen-bond donors (Lipinski definition) is 2. The minimum absolute atomic E-state index is 0.0183. The second-order valence-electron chi connectivity index (χ2n) is 13.9. The number of hydrogen-bond acceptors (Lipinski definition) is 4. The number of carbonyl (C=O) groups is 4. The van der Waals surface area contributed by atoms with Gasteiger partial charge in [0.25, 0.3) is 0 Å². The maximum atomic E-state index is 14.7. The van der Waals surface area contributed by atoms with Crippen LogP contribution in [-0.4, -0.2) is 82.6 Å². The number of para-hydroxylation sites is 1. The van der Waals surface area contributed by atoms with Crippen molar-refractivity contribution in [3.05, 3.63) is 47.2 Å². The lowest BCUT2D eigenvalue weighted by Gasteiger charge is -2.56. The van der Waals surface area contributed by atoms with Crippen LogP contribution in [0.3, 0.4) is 0 Å².